The zero-order valence-electron chi connectivity index (χ0n) is 7.53. The van der Waals surface area contributed by atoms with Gasteiger partial charge in [-0.3, -0.25) is 0 Å². The van der Waals surface area contributed by atoms with E-state index in [4.69, 9.17) is 0 Å². The minimum Gasteiger partial charge on any atom is -0.393 e. The highest BCUT2D eigenvalue weighted by Crippen LogP contribution is 2.46. The third-order valence-corrected chi connectivity index (χ3v) is 4.76. The summed E-state index contributed by atoms with van der Waals surface area (Å²) in [6, 6.07) is 2.18. The molecule has 1 saturated carbocycles. The molecular weight excluding hydrogens is 248 g/mol. The van der Waals surface area contributed by atoms with E-state index in [9.17, 15) is 5.11 Å². The first-order chi connectivity index (χ1) is 6.22. The molecule has 1 aromatic rings. The van der Waals surface area contributed by atoms with E-state index in [1.807, 2.05) is 0 Å². The van der Waals surface area contributed by atoms with Gasteiger partial charge in [0.25, 0.3) is 0 Å². The van der Waals surface area contributed by atoms with Crippen molar-refractivity contribution in [2.45, 2.75) is 31.8 Å². The Kier molecular flexibility index (Phi) is 2.77. The van der Waals surface area contributed by atoms with Crippen molar-refractivity contribution >= 4 is 27.3 Å². The van der Waals surface area contributed by atoms with Gasteiger partial charge in [0.15, 0.2) is 0 Å². The predicted molar refractivity (Wildman–Crippen MR) is 59.2 cm³/mol. The number of hydrogen-bond donors (Lipinski definition) is 1. The molecule has 1 heterocycles. The molecule has 72 valence electrons. The van der Waals surface area contributed by atoms with Crippen molar-refractivity contribution in [2.75, 3.05) is 0 Å². The molecule has 3 atom stereocenters. The SMILES string of the molecule is CCC1C(O)CC1c1cc(Br)cs1. The van der Waals surface area contributed by atoms with Gasteiger partial charge in [0.1, 0.15) is 0 Å². The molecule has 0 radical (unpaired) electrons. The number of aliphatic hydroxyl groups excluding tert-OH is 1. The van der Waals surface area contributed by atoms with Crippen LogP contribution in [0.1, 0.15) is 30.6 Å². The molecule has 3 heteroatoms. The maximum Gasteiger partial charge on any atom is 0.0580 e. The average Bonchev–Trinajstić information content (AvgIpc) is 2.48. The van der Waals surface area contributed by atoms with Crippen molar-refractivity contribution in [3.63, 3.8) is 0 Å². The zero-order chi connectivity index (χ0) is 9.42. The van der Waals surface area contributed by atoms with Crippen molar-refractivity contribution in [3.05, 3.63) is 20.8 Å². The molecule has 13 heavy (non-hydrogen) atoms. The molecule has 0 amide bonds. The molecule has 1 fully saturated rings. The van der Waals surface area contributed by atoms with Crippen molar-refractivity contribution in [1.29, 1.82) is 0 Å². The van der Waals surface area contributed by atoms with Gasteiger partial charge in [-0.25, -0.2) is 0 Å². The summed E-state index contributed by atoms with van der Waals surface area (Å²) in [4.78, 5) is 1.42. The van der Waals surface area contributed by atoms with Gasteiger partial charge in [-0.15, -0.1) is 11.3 Å². The fraction of sp³-hybridized carbons (Fsp3) is 0.600. The molecule has 1 N–H and O–H groups in total. The highest BCUT2D eigenvalue weighted by atomic mass is 79.9. The van der Waals surface area contributed by atoms with Crippen LogP contribution in [0.25, 0.3) is 0 Å². The fourth-order valence-electron chi connectivity index (χ4n) is 2.09. The standard InChI is InChI=1S/C10H13BrOS/c1-2-7-8(4-9(7)12)10-3-6(11)5-13-10/h3,5,7-9,12H,2,4H2,1H3. The maximum atomic E-state index is 9.54. The van der Waals surface area contributed by atoms with Crippen LogP contribution in [0.4, 0.5) is 0 Å². The van der Waals surface area contributed by atoms with Crippen molar-refractivity contribution in [1.82, 2.24) is 0 Å². The van der Waals surface area contributed by atoms with Crippen molar-refractivity contribution in [3.8, 4) is 0 Å². The quantitative estimate of drug-likeness (QED) is 0.865. The lowest BCUT2D eigenvalue weighted by Gasteiger charge is -2.40. The minimum absolute atomic E-state index is 0.0594. The second-order valence-electron chi connectivity index (χ2n) is 3.65. The van der Waals surface area contributed by atoms with Gasteiger partial charge >= 0.3 is 0 Å². The Morgan fingerprint density at radius 2 is 2.46 bits per heavy atom. The van der Waals surface area contributed by atoms with E-state index >= 15 is 0 Å². The molecule has 1 aliphatic rings. The van der Waals surface area contributed by atoms with Gasteiger partial charge in [-0.2, -0.15) is 0 Å². The molecule has 0 spiro atoms. The van der Waals surface area contributed by atoms with Crippen LogP contribution in [-0.4, -0.2) is 11.2 Å². The molecule has 3 unspecified atom stereocenters. The maximum absolute atomic E-state index is 9.54. The van der Waals surface area contributed by atoms with E-state index in [0.29, 0.717) is 11.8 Å². The van der Waals surface area contributed by atoms with E-state index in [-0.39, 0.29) is 6.10 Å². The van der Waals surface area contributed by atoms with Gasteiger partial charge in [0.05, 0.1) is 6.10 Å². The van der Waals surface area contributed by atoms with Crippen LogP contribution in [0.15, 0.2) is 15.9 Å². The Bertz CT molecular complexity index is 297. The highest BCUT2D eigenvalue weighted by Gasteiger charge is 2.39. The van der Waals surface area contributed by atoms with Crippen LogP contribution in [0.2, 0.25) is 0 Å². The fourth-order valence-corrected chi connectivity index (χ4v) is 3.72. The first-order valence-corrected chi connectivity index (χ1v) is 6.31. The van der Waals surface area contributed by atoms with Crippen LogP contribution in [0.3, 0.4) is 0 Å². The summed E-state index contributed by atoms with van der Waals surface area (Å²) in [6.45, 7) is 2.16. The average molecular weight is 261 g/mol. The van der Waals surface area contributed by atoms with E-state index in [1.165, 1.54) is 9.35 Å². The van der Waals surface area contributed by atoms with Gasteiger partial charge in [-0.1, -0.05) is 13.3 Å². The summed E-state index contributed by atoms with van der Waals surface area (Å²) in [5.74, 6) is 1.10. The van der Waals surface area contributed by atoms with E-state index in [2.05, 4.69) is 34.3 Å². The lowest BCUT2D eigenvalue weighted by atomic mass is 9.69. The first-order valence-electron chi connectivity index (χ1n) is 4.64. The second kappa shape index (κ2) is 3.71. The highest BCUT2D eigenvalue weighted by molar-refractivity contribution is 9.10. The molecule has 0 aliphatic heterocycles. The van der Waals surface area contributed by atoms with Crippen LogP contribution < -0.4 is 0 Å². The normalized spacial score (nSPS) is 33.0. The Morgan fingerprint density at radius 3 is 2.92 bits per heavy atom. The summed E-state index contributed by atoms with van der Waals surface area (Å²) >= 11 is 5.26. The smallest absolute Gasteiger partial charge is 0.0580 e. The molecular formula is C10H13BrOS. The monoisotopic (exact) mass is 260 g/mol. The largest absolute Gasteiger partial charge is 0.393 e. The van der Waals surface area contributed by atoms with Crippen LogP contribution in [0.5, 0.6) is 0 Å². The molecule has 1 nitrogen and oxygen atoms in total. The lowest BCUT2D eigenvalue weighted by molar-refractivity contribution is 0.000478. The molecule has 0 bridgehead atoms. The Labute approximate surface area is 90.9 Å². The molecule has 1 aromatic heterocycles. The topological polar surface area (TPSA) is 20.2 Å². The Hall–Kier alpha value is 0.140. The van der Waals surface area contributed by atoms with Gasteiger partial charge in [0.2, 0.25) is 0 Å². The zero-order valence-corrected chi connectivity index (χ0v) is 9.94. The number of rotatable bonds is 2. The summed E-state index contributed by atoms with van der Waals surface area (Å²) in [6.07, 6.45) is 1.98. The lowest BCUT2D eigenvalue weighted by Crippen LogP contribution is -2.38. The summed E-state index contributed by atoms with van der Waals surface area (Å²) in [5, 5.41) is 11.7. The number of thiophene rings is 1. The molecule has 0 aromatic carbocycles. The number of halogens is 1. The van der Waals surface area contributed by atoms with Crippen LogP contribution in [-0.2, 0) is 0 Å². The summed E-state index contributed by atoms with van der Waals surface area (Å²) in [5.41, 5.74) is 0. The Balaban J connectivity index is 2.11. The minimum atomic E-state index is -0.0594. The van der Waals surface area contributed by atoms with Crippen molar-refractivity contribution in [2.24, 2.45) is 5.92 Å². The molecule has 0 saturated heterocycles. The Morgan fingerprint density at radius 1 is 1.69 bits per heavy atom. The third-order valence-electron chi connectivity index (χ3n) is 2.93. The van der Waals surface area contributed by atoms with Crippen LogP contribution in [0, 0.1) is 5.92 Å². The first kappa shape index (κ1) is 9.69. The summed E-state index contributed by atoms with van der Waals surface area (Å²) < 4.78 is 1.17. The second-order valence-corrected chi connectivity index (χ2v) is 5.51. The predicted octanol–water partition coefficient (Wildman–Crippen LogP) is 3.39. The summed E-state index contributed by atoms with van der Waals surface area (Å²) in [7, 11) is 0. The van der Waals surface area contributed by atoms with E-state index in [0.717, 1.165) is 12.8 Å². The third kappa shape index (κ3) is 1.69. The van der Waals surface area contributed by atoms with Crippen LogP contribution >= 0.6 is 27.3 Å². The van der Waals surface area contributed by atoms with E-state index in [1.54, 1.807) is 11.3 Å². The molecule has 1 aliphatic carbocycles. The van der Waals surface area contributed by atoms with E-state index < -0.39 is 0 Å². The number of aliphatic hydroxyl groups is 1. The van der Waals surface area contributed by atoms with Gasteiger partial charge < -0.3 is 5.11 Å². The van der Waals surface area contributed by atoms with Gasteiger partial charge in [-0.05, 0) is 34.3 Å². The molecule has 2 rings (SSSR count). The van der Waals surface area contributed by atoms with Crippen molar-refractivity contribution < 1.29 is 5.11 Å². The number of hydrogen-bond acceptors (Lipinski definition) is 2. The van der Waals surface area contributed by atoms with Gasteiger partial charge in [0, 0.05) is 20.6 Å².